The Morgan fingerprint density at radius 2 is 2.05 bits per heavy atom. The predicted octanol–water partition coefficient (Wildman–Crippen LogP) is 2.11. The van der Waals surface area contributed by atoms with Crippen molar-refractivity contribution in [3.63, 3.8) is 0 Å². The normalized spacial score (nSPS) is 12.7. The van der Waals surface area contributed by atoms with Crippen molar-refractivity contribution < 1.29 is 9.84 Å². The van der Waals surface area contributed by atoms with Crippen LogP contribution in [0.3, 0.4) is 0 Å². The lowest BCUT2D eigenvalue weighted by Crippen LogP contribution is -2.14. The second kappa shape index (κ2) is 5.66. The molecule has 0 aromatic carbocycles. The predicted molar refractivity (Wildman–Crippen MR) is 73.0 cm³/mol. The van der Waals surface area contributed by atoms with Gasteiger partial charge in [-0.25, -0.2) is 0 Å². The van der Waals surface area contributed by atoms with E-state index in [4.69, 9.17) is 4.74 Å². The van der Waals surface area contributed by atoms with Gasteiger partial charge in [0.15, 0.2) is 0 Å². The van der Waals surface area contributed by atoms with Gasteiger partial charge < -0.3 is 9.84 Å². The highest BCUT2D eigenvalue weighted by Gasteiger charge is 2.22. The smallest absolute Gasteiger partial charge is 0.233 e. The van der Waals surface area contributed by atoms with E-state index in [9.17, 15) is 5.11 Å². The average molecular weight is 327 g/mol. The number of ether oxygens (including phenoxy) is 1. The van der Waals surface area contributed by atoms with Crippen LogP contribution in [0.15, 0.2) is 22.8 Å². The number of nitrogens with zero attached hydrogens (tertiary/aromatic N) is 4. The first-order valence-electron chi connectivity index (χ1n) is 5.83. The fraction of sp³-hybridized carbons (Fsp3) is 0.417. The molecule has 102 valence electrons. The molecule has 0 aliphatic heterocycles. The van der Waals surface area contributed by atoms with Crippen molar-refractivity contribution in [1.82, 2.24) is 20.0 Å². The molecule has 7 heteroatoms. The van der Waals surface area contributed by atoms with E-state index in [0.717, 1.165) is 4.47 Å². The molecule has 0 aliphatic carbocycles. The molecule has 19 heavy (non-hydrogen) atoms. The zero-order valence-electron chi connectivity index (χ0n) is 10.9. The molecule has 1 N–H and O–H groups in total. The van der Waals surface area contributed by atoms with Gasteiger partial charge in [0.1, 0.15) is 6.10 Å². The van der Waals surface area contributed by atoms with E-state index < -0.39 is 6.10 Å². The summed E-state index contributed by atoms with van der Waals surface area (Å²) in [5, 5.41) is 22.5. The van der Waals surface area contributed by atoms with Gasteiger partial charge in [0.05, 0.1) is 29.2 Å². The number of hydrogen-bond donors (Lipinski definition) is 1. The molecule has 0 bridgehead atoms. The van der Waals surface area contributed by atoms with Gasteiger partial charge in [-0.2, -0.15) is 5.10 Å². The van der Waals surface area contributed by atoms with Crippen LogP contribution in [0.1, 0.15) is 37.4 Å². The number of halogens is 1. The minimum Gasteiger partial charge on any atom is -0.480 e. The van der Waals surface area contributed by atoms with Crippen LogP contribution in [0.4, 0.5) is 0 Å². The summed E-state index contributed by atoms with van der Waals surface area (Å²) in [5.74, 6) is 0.410. The maximum absolute atomic E-state index is 10.4. The highest BCUT2D eigenvalue weighted by Crippen LogP contribution is 2.29. The van der Waals surface area contributed by atoms with Gasteiger partial charge in [0, 0.05) is 12.1 Å². The molecule has 0 fully saturated rings. The van der Waals surface area contributed by atoms with Crippen molar-refractivity contribution in [2.24, 2.45) is 0 Å². The molecule has 0 aliphatic rings. The van der Waals surface area contributed by atoms with Crippen molar-refractivity contribution in [3.8, 4) is 5.88 Å². The summed E-state index contributed by atoms with van der Waals surface area (Å²) in [7, 11) is 1.52. The summed E-state index contributed by atoms with van der Waals surface area (Å²) >= 11 is 3.40. The monoisotopic (exact) mass is 326 g/mol. The molecule has 0 saturated heterocycles. The van der Waals surface area contributed by atoms with Crippen LogP contribution in [0.25, 0.3) is 0 Å². The maximum Gasteiger partial charge on any atom is 0.233 e. The molecule has 1 atom stereocenters. The second-order valence-corrected chi connectivity index (χ2v) is 5.17. The first-order valence-corrected chi connectivity index (χ1v) is 6.62. The van der Waals surface area contributed by atoms with Gasteiger partial charge in [-0.1, -0.05) is 0 Å². The van der Waals surface area contributed by atoms with E-state index in [1.54, 1.807) is 23.0 Å². The van der Waals surface area contributed by atoms with Crippen LogP contribution in [0.2, 0.25) is 0 Å². The van der Waals surface area contributed by atoms with Crippen molar-refractivity contribution in [3.05, 3.63) is 34.2 Å². The molecule has 2 aromatic heterocycles. The number of methoxy groups -OCH3 is 1. The van der Waals surface area contributed by atoms with Crippen molar-refractivity contribution in [2.45, 2.75) is 26.0 Å². The minimum absolute atomic E-state index is 0.141. The van der Waals surface area contributed by atoms with E-state index in [1.807, 2.05) is 13.8 Å². The quantitative estimate of drug-likeness (QED) is 0.931. The Morgan fingerprint density at radius 3 is 2.58 bits per heavy atom. The summed E-state index contributed by atoms with van der Waals surface area (Å²) in [6.45, 7) is 3.99. The Hall–Kier alpha value is -1.47. The fourth-order valence-electron chi connectivity index (χ4n) is 1.74. The van der Waals surface area contributed by atoms with Crippen molar-refractivity contribution >= 4 is 15.9 Å². The van der Waals surface area contributed by atoms with E-state index >= 15 is 0 Å². The first kappa shape index (κ1) is 14.0. The topological polar surface area (TPSA) is 73.1 Å². The average Bonchev–Trinajstić information content (AvgIpc) is 2.80. The molecule has 0 saturated carbocycles. The summed E-state index contributed by atoms with van der Waals surface area (Å²) in [6.07, 6.45) is 0.771. The summed E-state index contributed by atoms with van der Waals surface area (Å²) in [4.78, 5) is 0. The Balaban J connectivity index is 2.37. The molecule has 0 spiro atoms. The highest BCUT2D eigenvalue weighted by molar-refractivity contribution is 9.10. The molecule has 2 aromatic rings. The highest BCUT2D eigenvalue weighted by atomic mass is 79.9. The zero-order chi connectivity index (χ0) is 14.0. The number of hydrogen-bond acceptors (Lipinski definition) is 5. The maximum atomic E-state index is 10.4. The molecule has 6 nitrogen and oxygen atoms in total. The van der Waals surface area contributed by atoms with Gasteiger partial charge in [-0.05, 0) is 35.8 Å². The number of aromatic nitrogens is 4. The minimum atomic E-state index is -0.891. The summed E-state index contributed by atoms with van der Waals surface area (Å²) < 4.78 is 7.44. The fourth-order valence-corrected chi connectivity index (χ4v) is 2.23. The third kappa shape index (κ3) is 2.76. The van der Waals surface area contributed by atoms with E-state index in [-0.39, 0.29) is 6.04 Å². The third-order valence-electron chi connectivity index (χ3n) is 2.69. The second-order valence-electron chi connectivity index (χ2n) is 4.32. The van der Waals surface area contributed by atoms with Crippen LogP contribution >= 0.6 is 15.9 Å². The van der Waals surface area contributed by atoms with Crippen LogP contribution in [0, 0.1) is 0 Å². The van der Waals surface area contributed by atoms with Crippen molar-refractivity contribution in [2.75, 3.05) is 7.11 Å². The molecule has 0 amide bonds. The summed E-state index contributed by atoms with van der Waals surface area (Å²) in [5.41, 5.74) is 1.11. The molecule has 0 radical (unpaired) electrons. The Labute approximate surface area is 119 Å². The molecular weight excluding hydrogens is 312 g/mol. The number of rotatable bonds is 4. The standard InChI is InChI=1S/C12H15BrN4O2/c1-7(2)17-11(8(13)6-14-17)12(18)9-4-5-10(19-3)16-15-9/h4-7,12,18H,1-3H3. The van der Waals surface area contributed by atoms with Gasteiger partial charge in [0.2, 0.25) is 5.88 Å². The van der Waals surface area contributed by atoms with Crippen molar-refractivity contribution in [1.29, 1.82) is 0 Å². The lowest BCUT2D eigenvalue weighted by Gasteiger charge is -2.16. The van der Waals surface area contributed by atoms with Crippen LogP contribution in [0.5, 0.6) is 5.88 Å². The Bertz CT molecular complexity index is 553. The number of aliphatic hydroxyl groups excluding tert-OH is 1. The van der Waals surface area contributed by atoms with Gasteiger partial charge >= 0.3 is 0 Å². The summed E-state index contributed by atoms with van der Waals surface area (Å²) in [6, 6.07) is 3.48. The van der Waals surface area contributed by atoms with Crippen LogP contribution in [-0.2, 0) is 0 Å². The van der Waals surface area contributed by atoms with Crippen LogP contribution < -0.4 is 4.74 Å². The van der Waals surface area contributed by atoms with Crippen LogP contribution in [-0.4, -0.2) is 32.2 Å². The molecule has 1 unspecified atom stereocenters. The molecule has 2 rings (SSSR count). The van der Waals surface area contributed by atoms with E-state index in [2.05, 4.69) is 31.2 Å². The third-order valence-corrected chi connectivity index (χ3v) is 3.30. The van der Waals surface area contributed by atoms with Gasteiger partial charge in [-0.3, -0.25) is 4.68 Å². The van der Waals surface area contributed by atoms with Gasteiger partial charge in [-0.15, -0.1) is 10.2 Å². The lowest BCUT2D eigenvalue weighted by atomic mass is 10.1. The molecular formula is C12H15BrN4O2. The zero-order valence-corrected chi connectivity index (χ0v) is 12.5. The Kier molecular flexibility index (Phi) is 4.16. The van der Waals surface area contributed by atoms with Gasteiger partial charge in [0.25, 0.3) is 0 Å². The number of aliphatic hydroxyl groups is 1. The SMILES string of the molecule is COc1ccc(C(O)c2c(Br)cnn2C(C)C)nn1. The lowest BCUT2D eigenvalue weighted by molar-refractivity contribution is 0.197. The largest absolute Gasteiger partial charge is 0.480 e. The van der Waals surface area contributed by atoms with E-state index in [0.29, 0.717) is 17.3 Å². The first-order chi connectivity index (χ1) is 9.04. The van der Waals surface area contributed by atoms with E-state index in [1.165, 1.54) is 7.11 Å². The Morgan fingerprint density at radius 1 is 1.32 bits per heavy atom. The molecule has 2 heterocycles.